The Kier molecular flexibility index (Phi) is 8.66. The standard InChI is InChI=1S/C51H44N4O2/c1-50(2,3)36-30-40(47(56)41(31-36)51(4,5)6)49-53-45(48-46(54-49)39-22-12-13-24-43(39)57-48)35-27-34(32-17-8-7-9-18-32)28-37(29-35)55(44-25-14-15-26-52-44)42-23-16-20-33-19-10-11-21-38(33)42/h7-31,56H,1-6H3. The molecule has 0 atom stereocenters. The van der Waals surface area contributed by atoms with Crippen molar-refractivity contribution in [3.63, 3.8) is 0 Å². The van der Waals surface area contributed by atoms with E-state index < -0.39 is 0 Å². The van der Waals surface area contributed by atoms with E-state index >= 15 is 0 Å². The Morgan fingerprint density at radius 2 is 1.30 bits per heavy atom. The summed E-state index contributed by atoms with van der Waals surface area (Å²) in [6, 6.07) is 49.9. The van der Waals surface area contributed by atoms with Gasteiger partial charge in [0.15, 0.2) is 11.4 Å². The Morgan fingerprint density at radius 3 is 2.05 bits per heavy atom. The number of aromatic nitrogens is 3. The molecule has 1 N–H and O–H groups in total. The number of para-hydroxylation sites is 1. The number of nitrogens with zero attached hydrogens (tertiary/aromatic N) is 4. The molecule has 6 nitrogen and oxygen atoms in total. The van der Waals surface area contributed by atoms with Gasteiger partial charge in [-0.05, 0) is 87.5 Å². The number of aromatic hydroxyl groups is 1. The lowest BCUT2D eigenvalue weighted by atomic mass is 9.79. The monoisotopic (exact) mass is 744 g/mol. The maximum absolute atomic E-state index is 12.1. The molecule has 0 aliphatic heterocycles. The van der Waals surface area contributed by atoms with Gasteiger partial charge in [-0.1, -0.05) is 133 Å². The molecule has 57 heavy (non-hydrogen) atoms. The van der Waals surface area contributed by atoms with Gasteiger partial charge < -0.3 is 9.52 Å². The smallest absolute Gasteiger partial charge is 0.180 e. The Morgan fingerprint density at radius 1 is 0.596 bits per heavy atom. The van der Waals surface area contributed by atoms with Crippen LogP contribution in [0.2, 0.25) is 0 Å². The van der Waals surface area contributed by atoms with Crippen LogP contribution in [-0.2, 0) is 10.8 Å². The van der Waals surface area contributed by atoms with Crippen molar-refractivity contribution in [2.75, 3.05) is 4.90 Å². The SMILES string of the molecule is CC(C)(C)c1cc(-c2nc(-c3cc(-c4ccccc4)cc(N(c4ccccn4)c4cccc5ccccc45)c3)c3oc4ccccc4c3n2)c(O)c(C(C)(C)C)c1. The second-order valence-corrected chi connectivity index (χ2v) is 16.7. The average molecular weight is 745 g/mol. The Hall–Kier alpha value is -6.79. The lowest BCUT2D eigenvalue weighted by Gasteiger charge is -2.27. The molecule has 6 heteroatoms. The third kappa shape index (κ3) is 6.57. The van der Waals surface area contributed by atoms with Crippen LogP contribution in [0.4, 0.5) is 17.2 Å². The summed E-state index contributed by atoms with van der Waals surface area (Å²) >= 11 is 0. The summed E-state index contributed by atoms with van der Waals surface area (Å²) in [5, 5.41) is 15.2. The van der Waals surface area contributed by atoms with Crippen LogP contribution in [0.15, 0.2) is 156 Å². The van der Waals surface area contributed by atoms with Crippen molar-refractivity contribution >= 4 is 50.0 Å². The van der Waals surface area contributed by atoms with Crippen molar-refractivity contribution in [3.8, 4) is 39.5 Å². The molecule has 3 aromatic heterocycles. The fourth-order valence-electron chi connectivity index (χ4n) is 7.68. The highest BCUT2D eigenvalue weighted by Gasteiger charge is 2.28. The van der Waals surface area contributed by atoms with Crippen LogP contribution in [0.3, 0.4) is 0 Å². The maximum Gasteiger partial charge on any atom is 0.180 e. The molecule has 0 spiro atoms. The molecule has 0 bridgehead atoms. The highest BCUT2D eigenvalue weighted by molar-refractivity contribution is 6.08. The van der Waals surface area contributed by atoms with Gasteiger partial charge in [-0.25, -0.2) is 15.0 Å². The molecule has 0 unspecified atom stereocenters. The Bertz CT molecular complexity index is 2930. The number of anilines is 3. The van der Waals surface area contributed by atoms with E-state index in [4.69, 9.17) is 19.4 Å². The lowest BCUT2D eigenvalue weighted by Crippen LogP contribution is -2.17. The molecule has 280 valence electrons. The van der Waals surface area contributed by atoms with Gasteiger partial charge in [0.2, 0.25) is 0 Å². The third-order valence-corrected chi connectivity index (χ3v) is 10.7. The molecule has 0 saturated carbocycles. The number of benzene rings is 6. The largest absolute Gasteiger partial charge is 0.507 e. The molecular weight excluding hydrogens is 701 g/mol. The van der Waals surface area contributed by atoms with E-state index in [1.54, 1.807) is 0 Å². The van der Waals surface area contributed by atoms with E-state index in [9.17, 15) is 5.11 Å². The number of pyridine rings is 1. The minimum atomic E-state index is -0.329. The number of furan rings is 1. The van der Waals surface area contributed by atoms with Crippen molar-refractivity contribution in [1.29, 1.82) is 0 Å². The van der Waals surface area contributed by atoms with E-state index in [0.717, 1.165) is 61.2 Å². The molecule has 0 radical (unpaired) electrons. The zero-order valence-corrected chi connectivity index (χ0v) is 33.1. The third-order valence-electron chi connectivity index (χ3n) is 10.7. The van der Waals surface area contributed by atoms with Gasteiger partial charge in [-0.3, -0.25) is 4.90 Å². The maximum atomic E-state index is 12.1. The van der Waals surface area contributed by atoms with Crippen LogP contribution in [0.5, 0.6) is 5.75 Å². The van der Waals surface area contributed by atoms with Gasteiger partial charge in [-0.2, -0.15) is 0 Å². The zero-order chi connectivity index (χ0) is 39.5. The summed E-state index contributed by atoms with van der Waals surface area (Å²) < 4.78 is 6.67. The second kappa shape index (κ2) is 13.7. The highest BCUT2D eigenvalue weighted by atomic mass is 16.3. The number of hydrogen-bond acceptors (Lipinski definition) is 6. The van der Waals surface area contributed by atoms with Crippen LogP contribution >= 0.6 is 0 Å². The Balaban J connectivity index is 1.38. The lowest BCUT2D eigenvalue weighted by molar-refractivity contribution is 0.446. The number of phenolic OH excluding ortho intramolecular Hbond substituents is 1. The number of phenols is 1. The molecule has 0 amide bonds. The summed E-state index contributed by atoms with van der Waals surface area (Å²) in [7, 11) is 0. The molecule has 0 aliphatic carbocycles. The minimum Gasteiger partial charge on any atom is -0.507 e. The summed E-state index contributed by atoms with van der Waals surface area (Å²) in [6.07, 6.45) is 1.83. The van der Waals surface area contributed by atoms with E-state index in [1.807, 2.05) is 60.8 Å². The van der Waals surface area contributed by atoms with Crippen LogP contribution < -0.4 is 4.90 Å². The van der Waals surface area contributed by atoms with Crippen LogP contribution in [0.25, 0.3) is 66.6 Å². The van der Waals surface area contributed by atoms with Crippen molar-refractivity contribution in [2.24, 2.45) is 0 Å². The predicted octanol–water partition coefficient (Wildman–Crippen LogP) is 13.7. The van der Waals surface area contributed by atoms with Crippen molar-refractivity contribution in [2.45, 2.75) is 52.4 Å². The molecule has 0 aliphatic rings. The van der Waals surface area contributed by atoms with Gasteiger partial charge in [-0.15, -0.1) is 0 Å². The molecule has 0 fully saturated rings. The van der Waals surface area contributed by atoms with Crippen molar-refractivity contribution in [1.82, 2.24) is 15.0 Å². The van der Waals surface area contributed by atoms with Gasteiger partial charge in [0, 0.05) is 33.8 Å². The minimum absolute atomic E-state index is 0.185. The Labute approximate surface area is 333 Å². The summed E-state index contributed by atoms with van der Waals surface area (Å²) in [5.41, 5.74) is 9.42. The molecule has 0 saturated heterocycles. The van der Waals surface area contributed by atoms with Crippen molar-refractivity contribution < 1.29 is 9.52 Å². The molecular formula is C51H44N4O2. The van der Waals surface area contributed by atoms with Crippen LogP contribution in [0, 0.1) is 0 Å². The zero-order valence-electron chi connectivity index (χ0n) is 33.1. The summed E-state index contributed by atoms with van der Waals surface area (Å²) in [5.74, 6) is 1.39. The average Bonchev–Trinajstić information content (AvgIpc) is 3.59. The summed E-state index contributed by atoms with van der Waals surface area (Å²) in [4.78, 5) is 17.7. The number of rotatable bonds is 6. The molecule has 6 aromatic carbocycles. The normalized spacial score (nSPS) is 12.1. The van der Waals surface area contributed by atoms with Gasteiger partial charge >= 0.3 is 0 Å². The predicted molar refractivity (Wildman–Crippen MR) is 235 cm³/mol. The van der Waals surface area contributed by atoms with Gasteiger partial charge in [0.1, 0.15) is 28.4 Å². The van der Waals surface area contributed by atoms with E-state index in [2.05, 4.69) is 137 Å². The molecule has 9 rings (SSSR count). The van der Waals surface area contributed by atoms with Gasteiger partial charge in [0.05, 0.1) is 11.3 Å². The first-order valence-corrected chi connectivity index (χ1v) is 19.4. The second-order valence-electron chi connectivity index (χ2n) is 16.7. The first-order chi connectivity index (χ1) is 27.4. The first kappa shape index (κ1) is 35.9. The topological polar surface area (TPSA) is 75.3 Å². The fourth-order valence-corrected chi connectivity index (χ4v) is 7.68. The highest BCUT2D eigenvalue weighted by Crippen LogP contribution is 2.46. The first-order valence-electron chi connectivity index (χ1n) is 19.4. The quantitative estimate of drug-likeness (QED) is 0.183. The van der Waals surface area contributed by atoms with E-state index in [1.165, 1.54) is 0 Å². The van der Waals surface area contributed by atoms with Crippen LogP contribution in [-0.4, -0.2) is 20.1 Å². The van der Waals surface area contributed by atoms with Gasteiger partial charge in [0.25, 0.3) is 0 Å². The van der Waals surface area contributed by atoms with Crippen molar-refractivity contribution in [3.05, 3.63) is 163 Å². The van der Waals surface area contributed by atoms with Crippen LogP contribution in [0.1, 0.15) is 52.7 Å². The number of fused-ring (bicyclic) bond motifs is 4. The number of hydrogen-bond donors (Lipinski definition) is 1. The summed E-state index contributed by atoms with van der Waals surface area (Å²) in [6.45, 7) is 12.9. The van der Waals surface area contributed by atoms with E-state index in [-0.39, 0.29) is 16.6 Å². The molecule has 3 heterocycles. The van der Waals surface area contributed by atoms with E-state index in [0.29, 0.717) is 33.8 Å². The fraction of sp³-hybridized carbons (Fsp3) is 0.157. The molecule has 9 aromatic rings.